The number of halogens is 1. The summed E-state index contributed by atoms with van der Waals surface area (Å²) in [4.78, 5) is 16.3. The highest BCUT2D eigenvalue weighted by Gasteiger charge is 2.08. The van der Waals surface area contributed by atoms with Gasteiger partial charge in [0.05, 0.1) is 6.20 Å². The van der Waals surface area contributed by atoms with E-state index in [1.54, 1.807) is 18.3 Å². The molecule has 0 fully saturated rings. The predicted octanol–water partition coefficient (Wildman–Crippen LogP) is 3.35. The van der Waals surface area contributed by atoms with E-state index in [4.69, 9.17) is 0 Å². The Morgan fingerprint density at radius 1 is 1.11 bits per heavy atom. The summed E-state index contributed by atoms with van der Waals surface area (Å²) in [5.74, 6) is 0.370. The van der Waals surface area contributed by atoms with Gasteiger partial charge in [-0.15, -0.1) is 0 Å². The monoisotopic (exact) mass is 315 g/mol. The summed E-state index contributed by atoms with van der Waals surface area (Å²) >= 11 is 3.39. The molecule has 1 aromatic carbocycles. The Bertz CT molecular complexity index is 737. The van der Waals surface area contributed by atoms with Crippen molar-refractivity contribution in [2.75, 3.05) is 5.32 Å². The highest BCUT2D eigenvalue weighted by Crippen LogP contribution is 2.15. The molecule has 0 spiro atoms. The summed E-state index contributed by atoms with van der Waals surface area (Å²) in [7, 11) is 0. The van der Waals surface area contributed by atoms with E-state index in [0.717, 1.165) is 10.1 Å². The minimum absolute atomic E-state index is 0.164. The second-order valence-electron chi connectivity index (χ2n) is 4.06. The molecule has 19 heavy (non-hydrogen) atoms. The summed E-state index contributed by atoms with van der Waals surface area (Å²) < 4.78 is 2.81. The predicted molar refractivity (Wildman–Crippen MR) is 77.3 cm³/mol. The fourth-order valence-corrected chi connectivity index (χ4v) is 2.16. The van der Waals surface area contributed by atoms with Gasteiger partial charge in [0.2, 0.25) is 0 Å². The fraction of sp³-hybridized carbons (Fsp3) is 0. The maximum atomic E-state index is 12.0. The molecular formula is C14H10BrN3O. The zero-order valence-electron chi connectivity index (χ0n) is 9.88. The Kier molecular flexibility index (Phi) is 3.05. The van der Waals surface area contributed by atoms with Crippen LogP contribution in [0.3, 0.4) is 0 Å². The zero-order valence-corrected chi connectivity index (χ0v) is 11.5. The molecule has 0 bridgehead atoms. The number of amides is 1. The standard InChI is InChI=1S/C14H10BrN3O/c15-11-6-7-13-16-12(9-18(13)8-11)17-14(19)10-4-2-1-3-5-10/h1-9H,(H,17,19). The topological polar surface area (TPSA) is 46.4 Å². The average molecular weight is 316 g/mol. The van der Waals surface area contributed by atoms with Crippen molar-refractivity contribution < 1.29 is 4.79 Å². The summed E-state index contributed by atoms with van der Waals surface area (Å²) in [5, 5.41) is 2.78. The van der Waals surface area contributed by atoms with Gasteiger partial charge in [-0.1, -0.05) is 18.2 Å². The number of carbonyl (C=O) groups excluding carboxylic acids is 1. The van der Waals surface area contributed by atoms with Crippen molar-refractivity contribution in [2.45, 2.75) is 0 Å². The molecule has 2 aromatic heterocycles. The maximum absolute atomic E-state index is 12.0. The van der Waals surface area contributed by atoms with Crippen LogP contribution in [0.2, 0.25) is 0 Å². The summed E-state index contributed by atoms with van der Waals surface area (Å²) in [6.07, 6.45) is 3.67. The van der Waals surface area contributed by atoms with Crippen molar-refractivity contribution in [3.63, 3.8) is 0 Å². The molecule has 5 heteroatoms. The van der Waals surface area contributed by atoms with Gasteiger partial charge in [-0.2, -0.15) is 0 Å². The number of hydrogen-bond acceptors (Lipinski definition) is 2. The Morgan fingerprint density at radius 3 is 2.68 bits per heavy atom. The highest BCUT2D eigenvalue weighted by molar-refractivity contribution is 9.10. The lowest BCUT2D eigenvalue weighted by Crippen LogP contribution is -2.11. The number of nitrogens with zero attached hydrogens (tertiary/aromatic N) is 2. The number of fused-ring (bicyclic) bond motifs is 1. The van der Waals surface area contributed by atoms with Crippen LogP contribution in [0.25, 0.3) is 5.65 Å². The van der Waals surface area contributed by atoms with E-state index >= 15 is 0 Å². The van der Waals surface area contributed by atoms with Gasteiger partial charge in [-0.3, -0.25) is 4.79 Å². The minimum Gasteiger partial charge on any atom is -0.305 e. The van der Waals surface area contributed by atoms with Crippen LogP contribution in [-0.4, -0.2) is 15.3 Å². The van der Waals surface area contributed by atoms with Crippen LogP contribution in [0.1, 0.15) is 10.4 Å². The molecule has 94 valence electrons. The van der Waals surface area contributed by atoms with Gasteiger partial charge >= 0.3 is 0 Å². The molecule has 1 amide bonds. The first kappa shape index (κ1) is 11.9. The summed E-state index contributed by atoms with van der Waals surface area (Å²) in [6.45, 7) is 0. The number of pyridine rings is 1. The van der Waals surface area contributed by atoms with Crippen LogP contribution < -0.4 is 5.32 Å². The third-order valence-corrected chi connectivity index (χ3v) is 3.16. The van der Waals surface area contributed by atoms with Gasteiger partial charge in [-0.05, 0) is 40.2 Å². The lowest BCUT2D eigenvalue weighted by atomic mass is 10.2. The van der Waals surface area contributed by atoms with Crippen LogP contribution >= 0.6 is 15.9 Å². The highest BCUT2D eigenvalue weighted by atomic mass is 79.9. The smallest absolute Gasteiger partial charge is 0.256 e. The van der Waals surface area contributed by atoms with Crippen molar-refractivity contribution in [2.24, 2.45) is 0 Å². The molecule has 0 aliphatic carbocycles. The number of benzene rings is 1. The van der Waals surface area contributed by atoms with Crippen LogP contribution in [0, 0.1) is 0 Å². The molecule has 0 atom stereocenters. The first-order valence-corrected chi connectivity index (χ1v) is 6.52. The zero-order chi connectivity index (χ0) is 13.2. The molecular weight excluding hydrogens is 306 g/mol. The molecule has 2 heterocycles. The molecule has 0 saturated heterocycles. The van der Waals surface area contributed by atoms with E-state index in [1.165, 1.54) is 0 Å². The SMILES string of the molecule is O=C(Nc1cn2cc(Br)ccc2n1)c1ccccc1. The van der Waals surface area contributed by atoms with Gasteiger partial charge in [0.1, 0.15) is 5.65 Å². The van der Waals surface area contributed by atoms with Crippen molar-refractivity contribution >= 4 is 33.3 Å². The number of hydrogen-bond donors (Lipinski definition) is 1. The molecule has 0 radical (unpaired) electrons. The van der Waals surface area contributed by atoms with Gasteiger partial charge in [0.25, 0.3) is 5.91 Å². The number of carbonyl (C=O) groups is 1. The van der Waals surface area contributed by atoms with Crippen LogP contribution in [0.4, 0.5) is 5.82 Å². The number of imidazole rings is 1. The number of anilines is 1. The number of aromatic nitrogens is 2. The van der Waals surface area contributed by atoms with Gasteiger partial charge in [0.15, 0.2) is 5.82 Å². The Hall–Kier alpha value is -2.14. The van der Waals surface area contributed by atoms with E-state index in [2.05, 4.69) is 26.2 Å². The Labute approximate surface area is 118 Å². The molecule has 3 aromatic rings. The largest absolute Gasteiger partial charge is 0.305 e. The number of nitrogens with one attached hydrogen (secondary N) is 1. The molecule has 1 N–H and O–H groups in total. The average Bonchev–Trinajstić information content (AvgIpc) is 2.81. The van der Waals surface area contributed by atoms with Gasteiger partial charge in [-0.25, -0.2) is 4.98 Å². The number of rotatable bonds is 2. The summed E-state index contributed by atoms with van der Waals surface area (Å²) in [6, 6.07) is 12.8. The van der Waals surface area contributed by atoms with Crippen molar-refractivity contribution in [3.05, 3.63) is 64.9 Å². The first-order chi connectivity index (χ1) is 9.22. The molecule has 0 unspecified atom stereocenters. The molecule has 4 nitrogen and oxygen atoms in total. The molecule has 3 rings (SSSR count). The lowest BCUT2D eigenvalue weighted by Gasteiger charge is -2.00. The Balaban J connectivity index is 1.87. The van der Waals surface area contributed by atoms with E-state index in [-0.39, 0.29) is 5.91 Å². The first-order valence-electron chi connectivity index (χ1n) is 5.73. The molecule has 0 aliphatic rings. The second-order valence-corrected chi connectivity index (χ2v) is 4.97. The quantitative estimate of drug-likeness (QED) is 0.788. The second kappa shape index (κ2) is 4.85. The fourth-order valence-electron chi connectivity index (χ4n) is 1.80. The van der Waals surface area contributed by atoms with E-state index < -0.39 is 0 Å². The molecule has 0 saturated carbocycles. The summed E-state index contributed by atoms with van der Waals surface area (Å²) in [5.41, 5.74) is 1.40. The minimum atomic E-state index is -0.164. The molecule has 0 aliphatic heterocycles. The lowest BCUT2D eigenvalue weighted by molar-refractivity contribution is 0.102. The van der Waals surface area contributed by atoms with Crippen molar-refractivity contribution in [3.8, 4) is 0 Å². The van der Waals surface area contributed by atoms with E-state index in [1.807, 2.05) is 40.9 Å². The van der Waals surface area contributed by atoms with Crippen LogP contribution in [0.5, 0.6) is 0 Å². The van der Waals surface area contributed by atoms with E-state index in [0.29, 0.717) is 11.4 Å². The van der Waals surface area contributed by atoms with Crippen molar-refractivity contribution in [1.82, 2.24) is 9.38 Å². The van der Waals surface area contributed by atoms with Gasteiger partial charge < -0.3 is 9.72 Å². The van der Waals surface area contributed by atoms with E-state index in [9.17, 15) is 4.79 Å². The van der Waals surface area contributed by atoms with Crippen LogP contribution in [-0.2, 0) is 0 Å². The normalized spacial score (nSPS) is 10.6. The van der Waals surface area contributed by atoms with Crippen LogP contribution in [0.15, 0.2) is 59.3 Å². The maximum Gasteiger partial charge on any atom is 0.256 e. The van der Waals surface area contributed by atoms with Crippen molar-refractivity contribution in [1.29, 1.82) is 0 Å². The third kappa shape index (κ3) is 2.51. The third-order valence-electron chi connectivity index (χ3n) is 2.69. The Morgan fingerprint density at radius 2 is 1.89 bits per heavy atom. The van der Waals surface area contributed by atoms with Gasteiger partial charge in [0, 0.05) is 16.2 Å².